The zero-order valence-corrected chi connectivity index (χ0v) is 15.6. The summed E-state index contributed by atoms with van der Waals surface area (Å²) in [5.74, 6) is 1.19. The highest BCUT2D eigenvalue weighted by Gasteiger charge is 2.37. The molecule has 0 radical (unpaired) electrons. The van der Waals surface area contributed by atoms with Gasteiger partial charge < -0.3 is 4.90 Å². The molecule has 2 aromatic carbocycles. The summed E-state index contributed by atoms with van der Waals surface area (Å²) in [6.45, 7) is 4.27. The van der Waals surface area contributed by atoms with E-state index in [4.69, 9.17) is 11.6 Å². The number of likely N-dealkylation sites (tertiary alicyclic amines) is 1. The predicted octanol–water partition coefficient (Wildman–Crippen LogP) is 5.93. The van der Waals surface area contributed by atoms with Gasteiger partial charge in [-0.3, -0.25) is 0 Å². The van der Waals surface area contributed by atoms with Gasteiger partial charge in [0.15, 0.2) is 0 Å². The third-order valence-corrected chi connectivity index (χ3v) is 6.25. The van der Waals surface area contributed by atoms with Gasteiger partial charge in [-0.05, 0) is 73.7 Å². The molecular weight excluding hydrogens is 359 g/mol. The summed E-state index contributed by atoms with van der Waals surface area (Å²) < 4.78 is 38.7. The first-order valence-corrected chi connectivity index (χ1v) is 9.31. The SMILES string of the molecule is Cc1cc(-c2ccc(C(F)(F)F)cc2Cl)cc2c1C[C@@H]1CCN(C)C[C@H]21. The van der Waals surface area contributed by atoms with E-state index in [1.807, 2.05) is 0 Å². The van der Waals surface area contributed by atoms with Crippen LogP contribution < -0.4 is 0 Å². The predicted molar refractivity (Wildman–Crippen MR) is 98.7 cm³/mol. The Morgan fingerprint density at radius 2 is 1.92 bits per heavy atom. The normalized spacial score (nSPS) is 23.0. The molecule has 0 saturated carbocycles. The number of piperidine rings is 1. The number of nitrogens with zero attached hydrogens (tertiary/aromatic N) is 1. The fourth-order valence-corrected chi connectivity index (χ4v) is 4.85. The summed E-state index contributed by atoms with van der Waals surface area (Å²) in [4.78, 5) is 2.36. The highest BCUT2D eigenvalue weighted by Crippen LogP contribution is 2.46. The maximum atomic E-state index is 12.9. The van der Waals surface area contributed by atoms with Crippen LogP contribution in [0.2, 0.25) is 5.02 Å². The van der Waals surface area contributed by atoms with Gasteiger partial charge in [0.05, 0.1) is 5.56 Å². The van der Waals surface area contributed by atoms with E-state index in [0.717, 1.165) is 37.2 Å². The second kappa shape index (κ2) is 6.28. The minimum Gasteiger partial charge on any atom is -0.306 e. The smallest absolute Gasteiger partial charge is 0.306 e. The maximum absolute atomic E-state index is 12.9. The summed E-state index contributed by atoms with van der Waals surface area (Å²) in [5.41, 5.74) is 4.85. The molecule has 0 bridgehead atoms. The lowest BCUT2D eigenvalue weighted by atomic mass is 9.85. The number of hydrogen-bond donors (Lipinski definition) is 0. The van der Waals surface area contributed by atoms with Crippen LogP contribution in [0.25, 0.3) is 11.1 Å². The van der Waals surface area contributed by atoms with Crippen molar-refractivity contribution in [1.29, 1.82) is 0 Å². The number of benzene rings is 2. The van der Waals surface area contributed by atoms with E-state index in [0.29, 0.717) is 17.4 Å². The number of fused-ring (bicyclic) bond motifs is 3. The molecule has 0 amide bonds. The van der Waals surface area contributed by atoms with Crippen LogP contribution in [0.4, 0.5) is 13.2 Å². The molecule has 26 heavy (non-hydrogen) atoms. The summed E-state index contributed by atoms with van der Waals surface area (Å²) >= 11 is 6.23. The highest BCUT2D eigenvalue weighted by molar-refractivity contribution is 6.33. The molecule has 0 N–H and O–H groups in total. The van der Waals surface area contributed by atoms with Gasteiger partial charge in [0.2, 0.25) is 0 Å². The number of hydrogen-bond acceptors (Lipinski definition) is 1. The van der Waals surface area contributed by atoms with Crippen LogP contribution >= 0.6 is 11.6 Å². The average molecular weight is 380 g/mol. The summed E-state index contributed by atoms with van der Waals surface area (Å²) in [5, 5.41) is 0.148. The molecule has 1 aliphatic carbocycles. The van der Waals surface area contributed by atoms with Crippen LogP contribution in [0.5, 0.6) is 0 Å². The highest BCUT2D eigenvalue weighted by atomic mass is 35.5. The van der Waals surface area contributed by atoms with E-state index in [9.17, 15) is 13.2 Å². The monoisotopic (exact) mass is 379 g/mol. The van der Waals surface area contributed by atoms with Gasteiger partial charge in [-0.2, -0.15) is 13.2 Å². The minimum atomic E-state index is -4.38. The Labute approximate surface area is 156 Å². The second-order valence-electron chi connectivity index (χ2n) is 7.67. The van der Waals surface area contributed by atoms with Crippen molar-refractivity contribution in [2.24, 2.45) is 5.92 Å². The number of halogens is 4. The molecule has 2 aliphatic rings. The lowest BCUT2D eigenvalue weighted by Crippen LogP contribution is -2.34. The molecule has 2 aromatic rings. The van der Waals surface area contributed by atoms with Crippen LogP contribution in [0.3, 0.4) is 0 Å². The van der Waals surface area contributed by atoms with E-state index in [2.05, 4.69) is 31.0 Å². The number of aryl methyl sites for hydroxylation is 1. The molecule has 1 aliphatic heterocycles. The Morgan fingerprint density at radius 1 is 1.15 bits per heavy atom. The molecule has 1 fully saturated rings. The number of rotatable bonds is 1. The van der Waals surface area contributed by atoms with Gasteiger partial charge in [-0.1, -0.05) is 29.8 Å². The van der Waals surface area contributed by atoms with Gasteiger partial charge in [0.25, 0.3) is 0 Å². The van der Waals surface area contributed by atoms with Crippen molar-refractivity contribution in [2.75, 3.05) is 20.1 Å². The summed E-state index contributed by atoms with van der Waals surface area (Å²) in [6, 6.07) is 7.85. The van der Waals surface area contributed by atoms with E-state index in [-0.39, 0.29) is 5.02 Å². The van der Waals surface area contributed by atoms with Crippen molar-refractivity contribution in [3.05, 3.63) is 57.6 Å². The van der Waals surface area contributed by atoms with Crippen molar-refractivity contribution >= 4 is 11.6 Å². The zero-order valence-electron chi connectivity index (χ0n) is 14.8. The van der Waals surface area contributed by atoms with Gasteiger partial charge in [-0.25, -0.2) is 0 Å². The standard InChI is InChI=1S/C21H21ClF3N/c1-12-7-14(16-4-3-15(10-20(16)22)21(23,24)25)9-18-17(12)8-13-5-6-26(2)11-19(13)18/h3-4,7,9-10,13,19H,5-6,8,11H2,1-2H3/t13-,19-/m0/s1. The second-order valence-corrected chi connectivity index (χ2v) is 8.08. The van der Waals surface area contributed by atoms with Crippen LogP contribution in [0, 0.1) is 12.8 Å². The minimum absolute atomic E-state index is 0.148. The van der Waals surface area contributed by atoms with E-state index < -0.39 is 11.7 Å². The fraction of sp³-hybridized carbons (Fsp3) is 0.429. The van der Waals surface area contributed by atoms with E-state index in [1.165, 1.54) is 29.2 Å². The molecule has 5 heteroatoms. The Kier molecular flexibility index (Phi) is 4.31. The largest absolute Gasteiger partial charge is 0.416 e. The van der Waals surface area contributed by atoms with Crippen molar-refractivity contribution in [3.8, 4) is 11.1 Å². The van der Waals surface area contributed by atoms with Gasteiger partial charge >= 0.3 is 6.18 Å². The molecule has 0 aromatic heterocycles. The molecule has 4 rings (SSSR count). The topological polar surface area (TPSA) is 3.24 Å². The Balaban J connectivity index is 1.76. The maximum Gasteiger partial charge on any atom is 0.416 e. The summed E-state index contributed by atoms with van der Waals surface area (Å²) in [6.07, 6.45) is -2.07. The third kappa shape index (κ3) is 3.03. The van der Waals surface area contributed by atoms with Gasteiger partial charge in [0.1, 0.15) is 0 Å². The van der Waals surface area contributed by atoms with Crippen LogP contribution in [0.15, 0.2) is 30.3 Å². The third-order valence-electron chi connectivity index (χ3n) is 5.94. The Bertz CT molecular complexity index is 859. The first-order valence-electron chi connectivity index (χ1n) is 8.93. The van der Waals surface area contributed by atoms with E-state index >= 15 is 0 Å². The molecule has 1 saturated heterocycles. The van der Waals surface area contributed by atoms with Crippen molar-refractivity contribution in [2.45, 2.75) is 31.9 Å². The van der Waals surface area contributed by atoms with Crippen molar-refractivity contribution < 1.29 is 13.2 Å². The molecule has 1 heterocycles. The summed E-state index contributed by atoms with van der Waals surface area (Å²) in [7, 11) is 2.15. The van der Waals surface area contributed by atoms with Gasteiger partial charge in [-0.15, -0.1) is 0 Å². The quantitative estimate of drug-likeness (QED) is 0.594. The average Bonchev–Trinajstić information content (AvgIpc) is 2.92. The lowest BCUT2D eigenvalue weighted by Gasteiger charge is -2.33. The fourth-order valence-electron chi connectivity index (χ4n) is 4.56. The zero-order chi connectivity index (χ0) is 18.6. The molecule has 138 valence electrons. The first kappa shape index (κ1) is 17.9. The Hall–Kier alpha value is -1.52. The van der Waals surface area contributed by atoms with Crippen molar-refractivity contribution in [3.63, 3.8) is 0 Å². The van der Waals surface area contributed by atoms with E-state index in [1.54, 1.807) is 0 Å². The van der Waals surface area contributed by atoms with Gasteiger partial charge in [0, 0.05) is 23.0 Å². The number of likely N-dealkylation sites (N-methyl/N-ethyl adjacent to an activating group) is 1. The van der Waals surface area contributed by atoms with Crippen LogP contribution in [-0.2, 0) is 12.6 Å². The van der Waals surface area contributed by atoms with Crippen molar-refractivity contribution in [1.82, 2.24) is 4.90 Å². The van der Waals surface area contributed by atoms with Crippen LogP contribution in [0.1, 0.15) is 34.6 Å². The lowest BCUT2D eigenvalue weighted by molar-refractivity contribution is -0.137. The molecule has 0 unspecified atom stereocenters. The van der Waals surface area contributed by atoms with Crippen LogP contribution in [-0.4, -0.2) is 25.0 Å². The first-order chi connectivity index (χ1) is 12.2. The molecule has 2 atom stereocenters. The molecular formula is C21H21ClF3N. The molecule has 0 spiro atoms. The molecule has 1 nitrogen and oxygen atoms in total. The Morgan fingerprint density at radius 3 is 2.62 bits per heavy atom. The number of alkyl halides is 3.